The molecule has 3 rings (SSSR count). The van der Waals surface area contributed by atoms with Gasteiger partial charge in [-0.3, -0.25) is 14.2 Å². The molecule has 0 aliphatic heterocycles. The Morgan fingerprint density at radius 3 is 2.79 bits per heavy atom. The van der Waals surface area contributed by atoms with E-state index < -0.39 is 0 Å². The Balaban J connectivity index is 1.64. The van der Waals surface area contributed by atoms with Crippen molar-refractivity contribution in [2.24, 2.45) is 0 Å². The molecule has 28 heavy (non-hydrogen) atoms. The standard InChI is InChI=1S/C21H29N5O2/c1-3-5-13-24(4-2)16-12-22-19(27)10-15-26-20-17(8-6-11-23-20)25-14-7-9-18(25)21(26)28/h6-9,11,14H,3-5,10,12-13,15-16H2,1-2H3,(H,22,27). The molecule has 7 heteroatoms. The lowest BCUT2D eigenvalue weighted by atomic mass is 10.3. The summed E-state index contributed by atoms with van der Waals surface area (Å²) >= 11 is 0. The first kappa shape index (κ1) is 20.1. The molecule has 0 radical (unpaired) electrons. The van der Waals surface area contributed by atoms with Crippen molar-refractivity contribution in [2.75, 3.05) is 26.2 Å². The van der Waals surface area contributed by atoms with Crippen LogP contribution in [0.3, 0.4) is 0 Å². The number of amides is 1. The Kier molecular flexibility index (Phi) is 6.81. The first-order valence-corrected chi connectivity index (χ1v) is 10.1. The van der Waals surface area contributed by atoms with Crippen molar-refractivity contribution in [3.8, 4) is 0 Å². The van der Waals surface area contributed by atoms with Crippen LogP contribution in [0, 0.1) is 0 Å². The Labute approximate surface area is 165 Å². The van der Waals surface area contributed by atoms with Gasteiger partial charge >= 0.3 is 0 Å². The van der Waals surface area contributed by atoms with Crippen molar-refractivity contribution < 1.29 is 4.79 Å². The van der Waals surface area contributed by atoms with Gasteiger partial charge < -0.3 is 14.6 Å². The zero-order valence-electron chi connectivity index (χ0n) is 16.7. The van der Waals surface area contributed by atoms with Gasteiger partial charge in [-0.05, 0) is 43.8 Å². The highest BCUT2D eigenvalue weighted by Gasteiger charge is 2.12. The minimum absolute atomic E-state index is 0.0437. The van der Waals surface area contributed by atoms with Gasteiger partial charge in [-0.1, -0.05) is 20.3 Å². The minimum Gasteiger partial charge on any atom is -0.355 e. The average molecular weight is 383 g/mol. The number of hydrogen-bond acceptors (Lipinski definition) is 4. The molecule has 0 fully saturated rings. The Morgan fingerprint density at radius 2 is 2.00 bits per heavy atom. The fourth-order valence-electron chi connectivity index (χ4n) is 3.46. The summed E-state index contributed by atoms with van der Waals surface area (Å²) in [6.07, 6.45) is 6.13. The lowest BCUT2D eigenvalue weighted by Gasteiger charge is -2.20. The highest BCUT2D eigenvalue weighted by atomic mass is 16.2. The van der Waals surface area contributed by atoms with Crippen LogP contribution in [0.4, 0.5) is 0 Å². The van der Waals surface area contributed by atoms with E-state index in [-0.39, 0.29) is 17.9 Å². The van der Waals surface area contributed by atoms with Crippen LogP contribution < -0.4 is 10.9 Å². The third kappa shape index (κ3) is 4.42. The molecule has 0 bridgehead atoms. The smallest absolute Gasteiger partial charge is 0.276 e. The molecule has 1 N–H and O–H groups in total. The maximum Gasteiger partial charge on any atom is 0.276 e. The van der Waals surface area contributed by atoms with E-state index in [0.29, 0.717) is 24.3 Å². The van der Waals surface area contributed by atoms with Gasteiger partial charge in [-0.25, -0.2) is 4.98 Å². The molecule has 3 heterocycles. The number of aryl methyl sites for hydroxylation is 1. The van der Waals surface area contributed by atoms with E-state index >= 15 is 0 Å². The molecule has 0 aromatic carbocycles. The van der Waals surface area contributed by atoms with Crippen LogP contribution in [-0.2, 0) is 11.3 Å². The third-order valence-corrected chi connectivity index (χ3v) is 5.08. The van der Waals surface area contributed by atoms with E-state index in [2.05, 4.69) is 29.0 Å². The van der Waals surface area contributed by atoms with Crippen LogP contribution >= 0.6 is 0 Å². The zero-order valence-corrected chi connectivity index (χ0v) is 16.7. The minimum atomic E-state index is -0.124. The van der Waals surface area contributed by atoms with Crippen LogP contribution in [-0.4, -0.2) is 50.9 Å². The van der Waals surface area contributed by atoms with E-state index in [1.165, 1.54) is 12.8 Å². The summed E-state index contributed by atoms with van der Waals surface area (Å²) in [5.41, 5.74) is 1.92. The van der Waals surface area contributed by atoms with Crippen LogP contribution in [0.25, 0.3) is 16.7 Å². The Hall–Kier alpha value is -2.67. The Bertz CT molecular complexity index is 991. The molecule has 0 spiro atoms. The molecule has 0 saturated heterocycles. The number of carbonyl (C=O) groups excluding carboxylic acids is 1. The molecule has 3 aromatic heterocycles. The van der Waals surface area contributed by atoms with Gasteiger partial charge in [0.15, 0.2) is 5.65 Å². The number of pyridine rings is 1. The van der Waals surface area contributed by atoms with Crippen molar-refractivity contribution in [3.05, 3.63) is 47.0 Å². The van der Waals surface area contributed by atoms with Gasteiger partial charge in [0.2, 0.25) is 5.91 Å². The first-order chi connectivity index (χ1) is 13.7. The van der Waals surface area contributed by atoms with Crippen molar-refractivity contribution in [1.29, 1.82) is 0 Å². The predicted molar refractivity (Wildman–Crippen MR) is 112 cm³/mol. The summed E-state index contributed by atoms with van der Waals surface area (Å²) in [5, 5.41) is 2.97. The van der Waals surface area contributed by atoms with Gasteiger partial charge in [0.05, 0.1) is 5.52 Å². The first-order valence-electron chi connectivity index (χ1n) is 10.1. The van der Waals surface area contributed by atoms with Gasteiger partial charge in [-0.2, -0.15) is 0 Å². The summed E-state index contributed by atoms with van der Waals surface area (Å²) in [4.78, 5) is 31.8. The van der Waals surface area contributed by atoms with Crippen LogP contribution in [0.1, 0.15) is 33.1 Å². The quantitative estimate of drug-likeness (QED) is 0.583. The number of hydrogen-bond donors (Lipinski definition) is 1. The van der Waals surface area contributed by atoms with Gasteiger partial charge in [0.1, 0.15) is 5.52 Å². The second kappa shape index (κ2) is 9.50. The highest BCUT2D eigenvalue weighted by molar-refractivity contribution is 5.77. The summed E-state index contributed by atoms with van der Waals surface area (Å²) in [5.74, 6) is -0.0437. The lowest BCUT2D eigenvalue weighted by molar-refractivity contribution is -0.121. The molecule has 0 saturated carbocycles. The molecular weight excluding hydrogens is 354 g/mol. The van der Waals surface area contributed by atoms with Crippen LogP contribution in [0.5, 0.6) is 0 Å². The molecule has 0 aliphatic rings. The molecule has 0 aliphatic carbocycles. The van der Waals surface area contributed by atoms with Crippen LogP contribution in [0.2, 0.25) is 0 Å². The maximum atomic E-state index is 12.8. The van der Waals surface area contributed by atoms with Gasteiger partial charge in [0.25, 0.3) is 5.56 Å². The fourth-order valence-corrected chi connectivity index (χ4v) is 3.46. The summed E-state index contributed by atoms with van der Waals surface area (Å²) in [7, 11) is 0. The second-order valence-electron chi connectivity index (χ2n) is 6.95. The highest BCUT2D eigenvalue weighted by Crippen LogP contribution is 2.13. The number of nitrogens with one attached hydrogen (secondary N) is 1. The fraction of sp³-hybridized carbons (Fsp3) is 0.476. The number of likely N-dealkylation sites (N-methyl/N-ethyl adjacent to an activating group) is 1. The molecule has 150 valence electrons. The average Bonchev–Trinajstić information content (AvgIpc) is 3.21. The van der Waals surface area contributed by atoms with Gasteiger partial charge in [0, 0.05) is 38.4 Å². The molecule has 7 nitrogen and oxygen atoms in total. The molecular formula is C21H29N5O2. The van der Waals surface area contributed by atoms with Crippen molar-refractivity contribution in [3.63, 3.8) is 0 Å². The van der Waals surface area contributed by atoms with Crippen molar-refractivity contribution in [2.45, 2.75) is 39.7 Å². The molecule has 0 unspecified atom stereocenters. The number of rotatable bonds is 10. The van der Waals surface area contributed by atoms with Gasteiger partial charge in [-0.15, -0.1) is 0 Å². The summed E-state index contributed by atoms with van der Waals surface area (Å²) in [6.45, 7) is 8.16. The number of carbonyl (C=O) groups is 1. The molecule has 3 aromatic rings. The summed E-state index contributed by atoms with van der Waals surface area (Å²) in [6, 6.07) is 7.42. The monoisotopic (exact) mass is 383 g/mol. The molecule has 1 amide bonds. The Morgan fingerprint density at radius 1 is 1.18 bits per heavy atom. The van der Waals surface area contributed by atoms with Crippen molar-refractivity contribution >= 4 is 22.6 Å². The van der Waals surface area contributed by atoms with E-state index in [1.54, 1.807) is 16.8 Å². The third-order valence-electron chi connectivity index (χ3n) is 5.08. The van der Waals surface area contributed by atoms with E-state index in [1.807, 2.05) is 28.8 Å². The summed E-state index contributed by atoms with van der Waals surface area (Å²) < 4.78 is 3.45. The van der Waals surface area contributed by atoms with Crippen LogP contribution in [0.15, 0.2) is 41.5 Å². The van der Waals surface area contributed by atoms with E-state index in [0.717, 1.165) is 25.2 Å². The number of unbranched alkanes of at least 4 members (excludes halogenated alkanes) is 1. The largest absolute Gasteiger partial charge is 0.355 e. The topological polar surface area (TPSA) is 71.6 Å². The number of fused-ring (bicyclic) bond motifs is 3. The van der Waals surface area contributed by atoms with E-state index in [4.69, 9.17) is 0 Å². The number of aromatic nitrogens is 3. The van der Waals surface area contributed by atoms with E-state index in [9.17, 15) is 9.59 Å². The lowest BCUT2D eigenvalue weighted by Crippen LogP contribution is -2.36. The second-order valence-corrected chi connectivity index (χ2v) is 6.95. The van der Waals surface area contributed by atoms with Crippen molar-refractivity contribution in [1.82, 2.24) is 24.2 Å². The normalized spacial score (nSPS) is 11.5. The SMILES string of the molecule is CCCCN(CC)CCNC(=O)CCn1c(=O)c2cccn2c2cccnc21. The zero-order chi connectivity index (χ0) is 19.9. The predicted octanol–water partition coefficient (Wildman–Crippen LogP) is 2.28. The number of nitrogens with zero attached hydrogens (tertiary/aromatic N) is 4. The molecule has 0 atom stereocenters. The maximum absolute atomic E-state index is 12.8.